The van der Waals surface area contributed by atoms with Gasteiger partial charge in [-0.05, 0) is 0 Å². The summed E-state index contributed by atoms with van der Waals surface area (Å²) < 4.78 is 25.1. The molecule has 2 atom stereocenters. The molecule has 94 valence electrons. The minimum atomic E-state index is -3.84. The van der Waals surface area contributed by atoms with Gasteiger partial charge in [0.1, 0.15) is 10.9 Å². The zero-order valence-corrected chi connectivity index (χ0v) is 9.59. The molecule has 0 bridgehead atoms. The largest absolute Gasteiger partial charge is 0.392 e. The molecule has 9 heteroatoms. The summed E-state index contributed by atoms with van der Waals surface area (Å²) in [6.07, 6.45) is 1.48. The molecular weight excluding hydrogens is 248 g/mol. The molecule has 0 aliphatic carbocycles. The second-order valence-electron chi connectivity index (χ2n) is 3.82. The van der Waals surface area contributed by atoms with Crippen molar-refractivity contribution < 1.29 is 18.3 Å². The van der Waals surface area contributed by atoms with Gasteiger partial charge in [-0.2, -0.15) is 9.40 Å². The first-order valence-corrected chi connectivity index (χ1v) is 6.35. The summed E-state index contributed by atoms with van der Waals surface area (Å²) in [5.41, 5.74) is 5.12. The summed E-state index contributed by atoms with van der Waals surface area (Å²) in [4.78, 5) is 11.1. The van der Waals surface area contributed by atoms with Gasteiger partial charge in [0.15, 0.2) is 0 Å². The first kappa shape index (κ1) is 12.0. The van der Waals surface area contributed by atoms with E-state index in [0.717, 1.165) is 10.5 Å². The Labute approximate surface area is 97.5 Å². The summed E-state index contributed by atoms with van der Waals surface area (Å²) in [6, 6.07) is -1.01. The van der Waals surface area contributed by atoms with Crippen molar-refractivity contribution in [3.63, 3.8) is 0 Å². The summed E-state index contributed by atoms with van der Waals surface area (Å²) >= 11 is 0. The number of aromatic amines is 1. The number of aliphatic hydroxyl groups excluding tert-OH is 1. The van der Waals surface area contributed by atoms with Crippen LogP contribution in [0.25, 0.3) is 0 Å². The number of carbonyl (C=O) groups is 1. The van der Waals surface area contributed by atoms with Crippen LogP contribution in [0.2, 0.25) is 0 Å². The van der Waals surface area contributed by atoms with Crippen LogP contribution in [-0.4, -0.2) is 52.6 Å². The number of rotatable bonds is 3. The van der Waals surface area contributed by atoms with Crippen LogP contribution in [0.1, 0.15) is 6.42 Å². The van der Waals surface area contributed by atoms with E-state index in [1.807, 2.05) is 0 Å². The first-order valence-electron chi connectivity index (χ1n) is 4.91. The van der Waals surface area contributed by atoms with Crippen molar-refractivity contribution in [3.8, 4) is 0 Å². The molecule has 0 aromatic carbocycles. The molecule has 0 saturated carbocycles. The van der Waals surface area contributed by atoms with Gasteiger partial charge in [0, 0.05) is 19.2 Å². The molecule has 8 nitrogen and oxygen atoms in total. The normalized spacial score (nSPS) is 26.2. The van der Waals surface area contributed by atoms with Crippen molar-refractivity contribution in [1.82, 2.24) is 14.5 Å². The lowest BCUT2D eigenvalue weighted by Crippen LogP contribution is -2.43. The topological polar surface area (TPSA) is 129 Å². The van der Waals surface area contributed by atoms with Crippen molar-refractivity contribution >= 4 is 15.9 Å². The van der Waals surface area contributed by atoms with E-state index in [1.165, 1.54) is 6.20 Å². The highest BCUT2D eigenvalue weighted by molar-refractivity contribution is 7.89. The van der Waals surface area contributed by atoms with Gasteiger partial charge in [0.05, 0.1) is 12.3 Å². The van der Waals surface area contributed by atoms with Gasteiger partial charge >= 0.3 is 0 Å². The molecule has 4 N–H and O–H groups in total. The highest BCUT2D eigenvalue weighted by Crippen LogP contribution is 2.25. The number of hydrogen-bond acceptors (Lipinski definition) is 5. The number of primary amides is 1. The molecular formula is C8H12N4O4S. The van der Waals surface area contributed by atoms with E-state index >= 15 is 0 Å². The molecule has 0 spiro atoms. The smallest absolute Gasteiger partial charge is 0.247 e. The van der Waals surface area contributed by atoms with E-state index < -0.39 is 28.1 Å². The maximum absolute atomic E-state index is 12.1. The molecule has 0 radical (unpaired) electrons. The minimum absolute atomic E-state index is 0.0203. The number of amides is 1. The lowest BCUT2D eigenvalue weighted by Gasteiger charge is -2.20. The van der Waals surface area contributed by atoms with Crippen molar-refractivity contribution in [2.75, 3.05) is 6.54 Å². The van der Waals surface area contributed by atoms with Crippen LogP contribution in [0.3, 0.4) is 0 Å². The molecule has 1 amide bonds. The molecule has 1 aliphatic rings. The molecule has 17 heavy (non-hydrogen) atoms. The number of hydrogen-bond donors (Lipinski definition) is 3. The number of nitrogens with zero attached hydrogens (tertiary/aromatic N) is 2. The Morgan fingerprint density at radius 3 is 2.88 bits per heavy atom. The predicted molar refractivity (Wildman–Crippen MR) is 56.1 cm³/mol. The molecule has 2 unspecified atom stereocenters. The Hall–Kier alpha value is -1.45. The second kappa shape index (κ2) is 4.09. The maximum Gasteiger partial charge on any atom is 0.247 e. The van der Waals surface area contributed by atoms with E-state index in [1.54, 1.807) is 0 Å². The van der Waals surface area contributed by atoms with Gasteiger partial charge in [0.25, 0.3) is 0 Å². The van der Waals surface area contributed by atoms with E-state index in [4.69, 9.17) is 5.73 Å². The van der Waals surface area contributed by atoms with Crippen molar-refractivity contribution in [3.05, 3.63) is 12.4 Å². The van der Waals surface area contributed by atoms with Crippen LogP contribution < -0.4 is 5.73 Å². The quantitative estimate of drug-likeness (QED) is 0.580. The Balaban J connectivity index is 2.36. The number of carbonyl (C=O) groups excluding carboxylic acids is 1. The average Bonchev–Trinajstić information content (AvgIpc) is 2.84. The van der Waals surface area contributed by atoms with E-state index in [9.17, 15) is 18.3 Å². The van der Waals surface area contributed by atoms with Gasteiger partial charge in [-0.3, -0.25) is 9.89 Å². The van der Waals surface area contributed by atoms with Gasteiger partial charge in [-0.15, -0.1) is 0 Å². The summed E-state index contributed by atoms with van der Waals surface area (Å²) in [6.45, 7) is -0.138. The van der Waals surface area contributed by atoms with Crippen LogP contribution in [0.4, 0.5) is 0 Å². The average molecular weight is 260 g/mol. The third-order valence-corrected chi connectivity index (χ3v) is 4.48. The van der Waals surface area contributed by atoms with Crippen LogP contribution in [0.5, 0.6) is 0 Å². The SMILES string of the molecule is NC(=O)C1CC(O)CN1S(=O)(=O)c1cn[nH]c1. The number of aliphatic hydroxyl groups is 1. The number of nitrogens with one attached hydrogen (secondary N) is 1. The fourth-order valence-electron chi connectivity index (χ4n) is 1.82. The predicted octanol–water partition coefficient (Wildman–Crippen LogP) is -1.98. The number of nitrogens with two attached hydrogens (primary N) is 1. The molecule has 1 saturated heterocycles. The molecule has 1 aromatic rings. The lowest BCUT2D eigenvalue weighted by molar-refractivity contribution is -0.121. The Kier molecular flexibility index (Phi) is 2.89. The van der Waals surface area contributed by atoms with Crippen LogP contribution in [0.15, 0.2) is 17.3 Å². The van der Waals surface area contributed by atoms with Crippen LogP contribution >= 0.6 is 0 Å². The fourth-order valence-corrected chi connectivity index (χ4v) is 3.38. The van der Waals surface area contributed by atoms with E-state index in [2.05, 4.69) is 10.2 Å². The van der Waals surface area contributed by atoms with E-state index in [-0.39, 0.29) is 17.9 Å². The molecule has 1 aliphatic heterocycles. The summed E-state index contributed by atoms with van der Waals surface area (Å²) in [5.74, 6) is -0.770. The third kappa shape index (κ3) is 2.04. The van der Waals surface area contributed by atoms with Crippen molar-refractivity contribution in [2.45, 2.75) is 23.5 Å². The maximum atomic E-state index is 12.1. The number of H-pyrrole nitrogens is 1. The highest BCUT2D eigenvalue weighted by atomic mass is 32.2. The van der Waals surface area contributed by atoms with Gasteiger partial charge < -0.3 is 10.8 Å². The van der Waals surface area contributed by atoms with Gasteiger partial charge in [0.2, 0.25) is 15.9 Å². The molecule has 2 heterocycles. The lowest BCUT2D eigenvalue weighted by atomic mass is 10.2. The number of aromatic nitrogens is 2. The van der Waals surface area contributed by atoms with Gasteiger partial charge in [-0.1, -0.05) is 0 Å². The zero-order valence-electron chi connectivity index (χ0n) is 8.78. The molecule has 1 aromatic heterocycles. The first-order chi connectivity index (χ1) is 7.93. The Morgan fingerprint density at radius 2 is 2.35 bits per heavy atom. The monoisotopic (exact) mass is 260 g/mol. The van der Waals surface area contributed by atoms with Crippen molar-refractivity contribution in [2.24, 2.45) is 5.73 Å². The molecule has 1 fully saturated rings. The third-order valence-electron chi connectivity index (χ3n) is 2.64. The van der Waals surface area contributed by atoms with Gasteiger partial charge in [-0.25, -0.2) is 8.42 Å². The standard InChI is InChI=1S/C8H12N4O4S/c9-8(14)7-1-5(13)4-12(7)17(15,16)6-2-10-11-3-6/h2-3,5,7,13H,1,4H2,(H2,9,14)(H,10,11). The van der Waals surface area contributed by atoms with Crippen LogP contribution in [0, 0.1) is 0 Å². The summed E-state index contributed by atoms with van der Waals surface area (Å²) in [5, 5.41) is 15.4. The minimum Gasteiger partial charge on any atom is -0.392 e. The summed E-state index contributed by atoms with van der Waals surface area (Å²) in [7, 11) is -3.84. The fraction of sp³-hybridized carbons (Fsp3) is 0.500. The van der Waals surface area contributed by atoms with Crippen LogP contribution in [-0.2, 0) is 14.8 Å². The molecule has 2 rings (SSSR count). The number of sulfonamides is 1. The number of β-amino-alcohol motifs (C(OH)–C–C–N with tert-alkyl or cyclic N) is 1. The highest BCUT2D eigenvalue weighted by Gasteiger charge is 2.42. The van der Waals surface area contributed by atoms with Crippen molar-refractivity contribution in [1.29, 1.82) is 0 Å². The van der Waals surface area contributed by atoms with E-state index in [0.29, 0.717) is 0 Å². The Bertz CT molecular complexity index is 512. The Morgan fingerprint density at radius 1 is 1.65 bits per heavy atom. The zero-order chi connectivity index (χ0) is 12.6. The second-order valence-corrected chi connectivity index (χ2v) is 5.71.